The minimum Gasteiger partial charge on any atom is -0.367 e. The predicted molar refractivity (Wildman–Crippen MR) is 77.6 cm³/mol. The summed E-state index contributed by atoms with van der Waals surface area (Å²) in [6, 6.07) is 4.51. The number of pyridine rings is 1. The fourth-order valence-electron chi connectivity index (χ4n) is 2.70. The van der Waals surface area contributed by atoms with Crippen molar-refractivity contribution in [2.75, 3.05) is 18.0 Å². The zero-order chi connectivity index (χ0) is 13.7. The Morgan fingerprint density at radius 3 is 2.75 bits per heavy atom. The lowest BCUT2D eigenvalue weighted by Gasteiger charge is -2.39. The fraction of sp³-hybridized carbons (Fsp3) is 0.286. The van der Waals surface area contributed by atoms with Crippen molar-refractivity contribution in [2.24, 2.45) is 12.8 Å². The van der Waals surface area contributed by atoms with E-state index in [-0.39, 0.29) is 6.04 Å². The molecule has 0 bridgehead atoms. The second kappa shape index (κ2) is 4.08. The molecule has 0 aliphatic carbocycles. The Bertz CT molecular complexity index is 765. The third-order valence-corrected chi connectivity index (χ3v) is 3.78. The molecule has 0 amide bonds. The van der Waals surface area contributed by atoms with Crippen LogP contribution in [0.15, 0.2) is 36.9 Å². The number of rotatable bonds is 2. The molecule has 0 atom stereocenters. The standard InChI is InChI=1S/C14H16N6/c1-18-6-11(5-17-18)10-4-14(19-8-12(15)9-19)13-2-3-16-20(13)7-10/h2-7,12H,8-9,15H2,1H3. The average Bonchev–Trinajstić information content (AvgIpc) is 3.02. The molecule has 0 radical (unpaired) electrons. The van der Waals surface area contributed by atoms with Gasteiger partial charge in [-0.25, -0.2) is 4.52 Å². The smallest absolute Gasteiger partial charge is 0.0895 e. The lowest BCUT2D eigenvalue weighted by atomic mass is 10.1. The van der Waals surface area contributed by atoms with Crippen molar-refractivity contribution in [3.63, 3.8) is 0 Å². The first kappa shape index (κ1) is 11.5. The maximum atomic E-state index is 5.90. The van der Waals surface area contributed by atoms with Crippen molar-refractivity contribution in [1.82, 2.24) is 19.4 Å². The molecule has 3 aromatic rings. The zero-order valence-corrected chi connectivity index (χ0v) is 11.3. The average molecular weight is 268 g/mol. The van der Waals surface area contributed by atoms with Crippen LogP contribution in [0.5, 0.6) is 0 Å². The Hall–Kier alpha value is -2.34. The molecule has 20 heavy (non-hydrogen) atoms. The van der Waals surface area contributed by atoms with E-state index < -0.39 is 0 Å². The highest BCUT2D eigenvalue weighted by Gasteiger charge is 2.25. The van der Waals surface area contributed by atoms with Gasteiger partial charge >= 0.3 is 0 Å². The van der Waals surface area contributed by atoms with Crippen molar-refractivity contribution in [1.29, 1.82) is 0 Å². The van der Waals surface area contributed by atoms with Gasteiger partial charge in [-0.05, 0) is 12.1 Å². The number of aryl methyl sites for hydroxylation is 1. The Labute approximate surface area is 116 Å². The highest BCUT2D eigenvalue weighted by atomic mass is 15.3. The molecule has 0 aromatic carbocycles. The molecule has 1 fully saturated rings. The van der Waals surface area contributed by atoms with Crippen LogP contribution in [0.4, 0.5) is 5.69 Å². The van der Waals surface area contributed by atoms with E-state index in [1.165, 1.54) is 5.69 Å². The van der Waals surface area contributed by atoms with E-state index in [0.29, 0.717) is 0 Å². The number of fused-ring (bicyclic) bond motifs is 1. The molecule has 4 rings (SSSR count). The molecule has 1 aliphatic rings. The van der Waals surface area contributed by atoms with Crippen LogP contribution >= 0.6 is 0 Å². The zero-order valence-electron chi connectivity index (χ0n) is 11.3. The van der Waals surface area contributed by atoms with Crippen LogP contribution in [0.3, 0.4) is 0 Å². The largest absolute Gasteiger partial charge is 0.367 e. The van der Waals surface area contributed by atoms with E-state index >= 15 is 0 Å². The first-order valence-corrected chi connectivity index (χ1v) is 6.67. The molecule has 1 aliphatic heterocycles. The third kappa shape index (κ3) is 1.69. The molecule has 0 unspecified atom stereocenters. The lowest BCUT2D eigenvalue weighted by molar-refractivity contribution is 0.520. The van der Waals surface area contributed by atoms with Gasteiger partial charge in [-0.2, -0.15) is 10.2 Å². The maximum Gasteiger partial charge on any atom is 0.0895 e. The van der Waals surface area contributed by atoms with Gasteiger partial charge in [0.15, 0.2) is 0 Å². The molecule has 6 nitrogen and oxygen atoms in total. The summed E-state index contributed by atoms with van der Waals surface area (Å²) >= 11 is 0. The van der Waals surface area contributed by atoms with Crippen LogP contribution in [-0.2, 0) is 7.05 Å². The first-order valence-electron chi connectivity index (χ1n) is 6.67. The highest BCUT2D eigenvalue weighted by Crippen LogP contribution is 2.30. The Morgan fingerprint density at radius 2 is 2.05 bits per heavy atom. The van der Waals surface area contributed by atoms with Crippen molar-refractivity contribution >= 4 is 11.2 Å². The Kier molecular flexibility index (Phi) is 2.34. The molecule has 0 saturated carbocycles. The highest BCUT2D eigenvalue weighted by molar-refractivity contribution is 5.79. The third-order valence-electron chi connectivity index (χ3n) is 3.78. The molecule has 102 valence electrons. The summed E-state index contributed by atoms with van der Waals surface area (Å²) in [6.45, 7) is 1.80. The van der Waals surface area contributed by atoms with Crippen LogP contribution in [-0.4, -0.2) is 38.5 Å². The van der Waals surface area contributed by atoms with E-state index in [4.69, 9.17) is 5.73 Å². The van der Waals surface area contributed by atoms with Gasteiger partial charge in [-0.15, -0.1) is 0 Å². The van der Waals surface area contributed by atoms with E-state index in [9.17, 15) is 0 Å². The molecule has 6 heteroatoms. The topological polar surface area (TPSA) is 64.4 Å². The van der Waals surface area contributed by atoms with E-state index in [0.717, 1.165) is 29.7 Å². The molecule has 2 N–H and O–H groups in total. The molecule has 4 heterocycles. The van der Waals surface area contributed by atoms with Crippen LogP contribution in [0.25, 0.3) is 16.6 Å². The van der Waals surface area contributed by atoms with Gasteiger partial charge in [0.1, 0.15) is 0 Å². The van der Waals surface area contributed by atoms with Gasteiger partial charge in [0.25, 0.3) is 0 Å². The second-order valence-corrected chi connectivity index (χ2v) is 5.34. The molecule has 1 saturated heterocycles. The van der Waals surface area contributed by atoms with Crippen LogP contribution in [0.2, 0.25) is 0 Å². The van der Waals surface area contributed by atoms with Crippen molar-refractivity contribution in [3.8, 4) is 11.1 Å². The minimum atomic E-state index is 0.278. The summed E-state index contributed by atoms with van der Waals surface area (Å²) in [5.74, 6) is 0. The summed E-state index contributed by atoms with van der Waals surface area (Å²) in [5.41, 5.74) is 10.4. The summed E-state index contributed by atoms with van der Waals surface area (Å²) < 4.78 is 3.73. The van der Waals surface area contributed by atoms with Crippen LogP contribution in [0.1, 0.15) is 0 Å². The normalized spacial score (nSPS) is 15.8. The number of anilines is 1. The van der Waals surface area contributed by atoms with Gasteiger partial charge in [-0.3, -0.25) is 4.68 Å². The van der Waals surface area contributed by atoms with Gasteiger partial charge in [0.05, 0.1) is 23.6 Å². The monoisotopic (exact) mass is 268 g/mol. The summed E-state index contributed by atoms with van der Waals surface area (Å²) in [6.07, 6.45) is 7.74. The van der Waals surface area contributed by atoms with Crippen LogP contribution in [0, 0.1) is 0 Å². The second-order valence-electron chi connectivity index (χ2n) is 5.34. The van der Waals surface area contributed by atoms with Gasteiger partial charge in [0.2, 0.25) is 0 Å². The molecular weight excluding hydrogens is 252 g/mol. The van der Waals surface area contributed by atoms with Crippen LogP contribution < -0.4 is 10.6 Å². The molecular formula is C14H16N6. The minimum absolute atomic E-state index is 0.278. The predicted octanol–water partition coefficient (Wildman–Crippen LogP) is 0.882. The van der Waals surface area contributed by atoms with Gasteiger partial charge in [-0.1, -0.05) is 0 Å². The van der Waals surface area contributed by atoms with Crippen molar-refractivity contribution < 1.29 is 0 Å². The Balaban J connectivity index is 1.86. The number of nitrogens with two attached hydrogens (primary N) is 1. The summed E-state index contributed by atoms with van der Waals surface area (Å²) in [4.78, 5) is 2.29. The number of aromatic nitrogens is 4. The lowest BCUT2D eigenvalue weighted by Crippen LogP contribution is -2.56. The van der Waals surface area contributed by atoms with E-state index in [1.54, 1.807) is 0 Å². The SMILES string of the molecule is Cn1cc(-c2cc(N3CC(N)C3)c3ccnn3c2)cn1. The maximum absolute atomic E-state index is 5.90. The van der Waals surface area contributed by atoms with Gasteiger partial charge < -0.3 is 10.6 Å². The summed E-state index contributed by atoms with van der Waals surface area (Å²) in [7, 11) is 1.92. The Morgan fingerprint density at radius 1 is 1.20 bits per heavy atom. The fourth-order valence-corrected chi connectivity index (χ4v) is 2.70. The molecule has 0 spiro atoms. The first-order chi connectivity index (χ1) is 9.70. The molecule has 3 aromatic heterocycles. The van der Waals surface area contributed by atoms with Crippen molar-refractivity contribution in [3.05, 3.63) is 36.9 Å². The van der Waals surface area contributed by atoms with Crippen molar-refractivity contribution in [2.45, 2.75) is 6.04 Å². The van der Waals surface area contributed by atoms with E-state index in [1.807, 2.05) is 47.1 Å². The number of hydrogen-bond acceptors (Lipinski definition) is 4. The van der Waals surface area contributed by atoms with Gasteiger partial charge in [0, 0.05) is 49.7 Å². The number of nitrogens with zero attached hydrogens (tertiary/aromatic N) is 5. The number of hydrogen-bond donors (Lipinski definition) is 1. The summed E-state index contributed by atoms with van der Waals surface area (Å²) in [5, 5.41) is 8.60. The van der Waals surface area contributed by atoms with E-state index in [2.05, 4.69) is 21.2 Å². The quantitative estimate of drug-likeness (QED) is 0.749.